The Morgan fingerprint density at radius 1 is 0.944 bits per heavy atom. The molecule has 2 heteroatoms. The van der Waals surface area contributed by atoms with Crippen molar-refractivity contribution in [1.29, 1.82) is 0 Å². The third-order valence-electron chi connectivity index (χ3n) is 4.39. The molecule has 3 atom stereocenters. The first kappa shape index (κ1) is 13.0. The Hall–Kier alpha value is -0.0275. The molecule has 2 saturated carbocycles. The van der Waals surface area contributed by atoms with E-state index in [0.717, 1.165) is 17.8 Å². The van der Waals surface area contributed by atoms with Gasteiger partial charge in [0.25, 0.3) is 0 Å². The molecule has 0 bridgehead atoms. The van der Waals surface area contributed by atoms with Gasteiger partial charge in [-0.2, -0.15) is 0 Å². The molecule has 1 aromatic carbocycles. The summed E-state index contributed by atoms with van der Waals surface area (Å²) in [6, 6.07) is 10.8. The van der Waals surface area contributed by atoms with E-state index in [1.165, 1.54) is 47.1 Å². The van der Waals surface area contributed by atoms with Gasteiger partial charge in [0.1, 0.15) is 0 Å². The Morgan fingerprint density at radius 3 is 2.17 bits per heavy atom. The summed E-state index contributed by atoms with van der Waals surface area (Å²) >= 11 is 5.32. The van der Waals surface area contributed by atoms with E-state index in [9.17, 15) is 0 Å². The number of thioether (sulfide) groups is 1. The average molecular weight is 296 g/mol. The number of hydrogen-bond donors (Lipinski definition) is 0. The number of rotatable bonds is 3. The van der Waals surface area contributed by atoms with E-state index >= 15 is 0 Å². The van der Waals surface area contributed by atoms with Crippen LogP contribution in [0.2, 0.25) is 0 Å². The van der Waals surface area contributed by atoms with Crippen LogP contribution in [0.15, 0.2) is 35.2 Å². The molecule has 2 aliphatic rings. The zero-order chi connectivity index (χ0) is 12.4. The Bertz CT molecular complexity index is 400. The Morgan fingerprint density at radius 2 is 1.56 bits per heavy atom. The van der Waals surface area contributed by atoms with Gasteiger partial charge >= 0.3 is 123 Å². The van der Waals surface area contributed by atoms with Gasteiger partial charge in [0, 0.05) is 0 Å². The van der Waals surface area contributed by atoms with Gasteiger partial charge in [0.15, 0.2) is 0 Å². The van der Waals surface area contributed by atoms with Gasteiger partial charge in [0.2, 0.25) is 0 Å². The predicted octanol–water partition coefficient (Wildman–Crippen LogP) is 4.67. The van der Waals surface area contributed by atoms with E-state index in [-0.39, 0.29) is 0 Å². The molecule has 0 heterocycles. The molecular weight excluding hydrogens is 276 g/mol. The van der Waals surface area contributed by atoms with E-state index in [4.69, 9.17) is 0 Å². The van der Waals surface area contributed by atoms with Crippen molar-refractivity contribution in [1.82, 2.24) is 0 Å². The summed E-state index contributed by atoms with van der Waals surface area (Å²) in [6.07, 6.45) is 8.78. The molecule has 2 aliphatic carbocycles. The van der Waals surface area contributed by atoms with Crippen LogP contribution in [0.25, 0.3) is 0 Å². The third-order valence-corrected chi connectivity index (χ3v) is 6.19. The van der Waals surface area contributed by atoms with E-state index < -0.39 is 0 Å². The van der Waals surface area contributed by atoms with Crippen LogP contribution in [0.1, 0.15) is 38.5 Å². The topological polar surface area (TPSA) is 0 Å². The van der Waals surface area contributed by atoms with Gasteiger partial charge in [-0.3, -0.25) is 0 Å². The maximum absolute atomic E-state index is 3.36. The van der Waals surface area contributed by atoms with Crippen molar-refractivity contribution in [2.45, 2.75) is 43.4 Å². The summed E-state index contributed by atoms with van der Waals surface area (Å²) in [4.78, 5) is 1.38. The summed E-state index contributed by atoms with van der Waals surface area (Å²) in [6.45, 7) is 0. The summed E-state index contributed by atoms with van der Waals surface area (Å²) < 4.78 is 1.54. The fourth-order valence-corrected chi connectivity index (χ4v) is 5.38. The van der Waals surface area contributed by atoms with Gasteiger partial charge < -0.3 is 0 Å². The van der Waals surface area contributed by atoms with E-state index in [1.54, 1.807) is 0 Å². The molecule has 3 rings (SSSR count). The Kier molecular flexibility index (Phi) is 4.29. The van der Waals surface area contributed by atoms with Crippen LogP contribution in [0, 0.1) is 17.8 Å². The van der Waals surface area contributed by atoms with E-state index in [0.29, 0.717) is 0 Å². The summed E-state index contributed by atoms with van der Waals surface area (Å²) in [7, 11) is 0. The molecule has 0 amide bonds. The third kappa shape index (κ3) is 2.93. The number of fused-ring (bicyclic) bond motifs is 1. The van der Waals surface area contributed by atoms with Crippen LogP contribution in [0.4, 0.5) is 0 Å². The standard InChI is InChI=1S/C16H20S.Cr/c1-2-7-11-15-14(10-6-1)16(15)12-17-13-8-4-3-5-9-13;/h3-5,8-9,14-16H,1-2,6-7,10-11H2;/t14-,15+,16?;. The summed E-state index contributed by atoms with van der Waals surface area (Å²) in [5, 5.41) is 0. The molecule has 0 aliphatic heterocycles. The van der Waals surface area contributed by atoms with E-state index in [1.807, 2.05) is 11.8 Å². The van der Waals surface area contributed by atoms with Crippen molar-refractivity contribution < 1.29 is 15.9 Å². The predicted molar refractivity (Wildman–Crippen MR) is 75.5 cm³/mol. The fraction of sp³-hybridized carbons (Fsp3) is 0.562. The van der Waals surface area contributed by atoms with E-state index in [2.05, 4.69) is 46.2 Å². The van der Waals surface area contributed by atoms with Gasteiger partial charge in [-0.15, -0.1) is 0 Å². The molecule has 0 saturated heterocycles. The van der Waals surface area contributed by atoms with Crippen LogP contribution < -0.4 is 0 Å². The van der Waals surface area contributed by atoms with Crippen molar-refractivity contribution >= 4 is 15.5 Å². The summed E-state index contributed by atoms with van der Waals surface area (Å²) in [5.41, 5.74) is 0. The van der Waals surface area contributed by atoms with Crippen LogP contribution in [0.3, 0.4) is 0 Å². The minimum atomic E-state index is 0.869. The minimum absolute atomic E-state index is 0.869. The van der Waals surface area contributed by atoms with Crippen LogP contribution >= 0.6 is 11.8 Å². The van der Waals surface area contributed by atoms with Crippen LogP contribution in [-0.2, 0) is 15.9 Å². The molecular formula is C16H20CrS. The van der Waals surface area contributed by atoms with Crippen LogP contribution in [-0.4, -0.2) is 3.71 Å². The zero-order valence-electron chi connectivity index (χ0n) is 10.7. The SMILES string of the molecule is [Cr]=[C](Sc1ccccc1)C1[C@H]2CCCCCC[C@@H]12. The molecule has 18 heavy (non-hydrogen) atoms. The fourth-order valence-electron chi connectivity index (χ4n) is 3.37. The van der Waals surface area contributed by atoms with Gasteiger partial charge in [-0.1, -0.05) is 0 Å². The number of hydrogen-bond acceptors (Lipinski definition) is 1. The Labute approximate surface area is 123 Å². The van der Waals surface area contributed by atoms with Crippen molar-refractivity contribution in [3.63, 3.8) is 0 Å². The quantitative estimate of drug-likeness (QED) is 0.730. The average Bonchev–Trinajstić information content (AvgIpc) is 3.02. The second-order valence-corrected chi connectivity index (χ2v) is 7.81. The molecule has 2 fully saturated rings. The molecule has 96 valence electrons. The van der Waals surface area contributed by atoms with Crippen molar-refractivity contribution in [3.8, 4) is 0 Å². The van der Waals surface area contributed by atoms with Crippen molar-refractivity contribution in [2.75, 3.05) is 0 Å². The molecule has 0 spiro atoms. The molecule has 0 N–H and O–H groups in total. The second kappa shape index (κ2) is 5.95. The number of benzene rings is 1. The maximum atomic E-state index is 3.36. The molecule has 0 radical (unpaired) electrons. The molecule has 0 nitrogen and oxygen atoms in total. The first-order chi connectivity index (χ1) is 8.86. The second-order valence-electron chi connectivity index (χ2n) is 5.58. The molecule has 1 unspecified atom stereocenters. The zero-order valence-corrected chi connectivity index (χ0v) is 12.8. The van der Waals surface area contributed by atoms with Gasteiger partial charge in [-0.05, 0) is 0 Å². The monoisotopic (exact) mass is 296 g/mol. The normalized spacial score (nSPS) is 31.0. The first-order valence-corrected chi connectivity index (χ1v) is 8.58. The first-order valence-electron chi connectivity index (χ1n) is 7.13. The molecule has 0 aromatic heterocycles. The summed E-state index contributed by atoms with van der Waals surface area (Å²) in [5.74, 6) is 2.86. The van der Waals surface area contributed by atoms with Crippen molar-refractivity contribution in [3.05, 3.63) is 30.3 Å². The van der Waals surface area contributed by atoms with Crippen LogP contribution in [0.5, 0.6) is 0 Å². The Balaban J connectivity index is 1.60. The van der Waals surface area contributed by atoms with Crippen molar-refractivity contribution in [2.24, 2.45) is 17.8 Å². The molecule has 1 aromatic rings. The van der Waals surface area contributed by atoms with Gasteiger partial charge in [0.05, 0.1) is 0 Å². The van der Waals surface area contributed by atoms with Gasteiger partial charge in [-0.25, -0.2) is 0 Å².